The summed E-state index contributed by atoms with van der Waals surface area (Å²) in [4.78, 5) is 34.3. The minimum atomic E-state index is -0.968. The molecular weight excluding hydrogens is 180 g/mol. The van der Waals surface area contributed by atoms with Crippen molar-refractivity contribution in [2.24, 2.45) is 5.41 Å². The molecule has 0 saturated heterocycles. The van der Waals surface area contributed by atoms with E-state index in [1.54, 1.807) is 0 Å². The van der Waals surface area contributed by atoms with Gasteiger partial charge < -0.3 is 0 Å². The molecule has 0 spiro atoms. The molecule has 0 aromatic heterocycles. The normalized spacial score (nSPS) is 27.4. The van der Waals surface area contributed by atoms with Gasteiger partial charge in [0.1, 0.15) is 17.3 Å². The fraction of sp³-hybridized carbons (Fsp3) is 0.727. The fourth-order valence-corrected chi connectivity index (χ4v) is 2.20. The number of ketones is 3. The molecule has 0 aliphatic heterocycles. The molecular formula is C11H16O3. The van der Waals surface area contributed by atoms with E-state index in [0.29, 0.717) is 12.8 Å². The Morgan fingerprint density at radius 3 is 2.36 bits per heavy atom. The highest BCUT2D eigenvalue weighted by Gasteiger charge is 2.44. The maximum absolute atomic E-state index is 11.7. The van der Waals surface area contributed by atoms with E-state index in [1.807, 2.05) is 0 Å². The highest BCUT2D eigenvalue weighted by atomic mass is 16.2. The highest BCUT2D eigenvalue weighted by molar-refractivity contribution is 6.09. The van der Waals surface area contributed by atoms with Crippen LogP contribution >= 0.6 is 0 Å². The monoisotopic (exact) mass is 196 g/mol. The van der Waals surface area contributed by atoms with E-state index in [0.717, 1.165) is 12.8 Å². The molecule has 0 radical (unpaired) electrons. The average Bonchev–Trinajstić information content (AvgIpc) is 2.08. The van der Waals surface area contributed by atoms with Gasteiger partial charge in [-0.15, -0.1) is 0 Å². The lowest BCUT2D eigenvalue weighted by molar-refractivity contribution is -0.145. The highest BCUT2D eigenvalue weighted by Crippen LogP contribution is 2.37. The first-order valence-electron chi connectivity index (χ1n) is 5.03. The third-order valence-corrected chi connectivity index (χ3v) is 3.02. The van der Waals surface area contributed by atoms with Gasteiger partial charge in [-0.1, -0.05) is 6.42 Å². The molecule has 0 aromatic rings. The summed E-state index contributed by atoms with van der Waals surface area (Å²) in [5.41, 5.74) is -0.968. The molecule has 1 saturated carbocycles. The Kier molecular flexibility index (Phi) is 3.19. The first-order valence-corrected chi connectivity index (χ1v) is 5.03. The SMILES string of the molecule is CC(=O)CC1(C(C)=O)CCCCC1=O. The summed E-state index contributed by atoms with van der Waals surface area (Å²) in [6, 6.07) is 0. The van der Waals surface area contributed by atoms with Crippen LogP contribution in [0.5, 0.6) is 0 Å². The lowest BCUT2D eigenvalue weighted by Crippen LogP contribution is -2.41. The predicted molar refractivity (Wildman–Crippen MR) is 51.9 cm³/mol. The Bertz CT molecular complexity index is 280. The molecule has 0 heterocycles. The minimum absolute atomic E-state index is 0.0357. The van der Waals surface area contributed by atoms with Gasteiger partial charge in [0.2, 0.25) is 0 Å². The molecule has 0 aromatic carbocycles. The Morgan fingerprint density at radius 2 is 1.93 bits per heavy atom. The smallest absolute Gasteiger partial charge is 0.146 e. The van der Waals surface area contributed by atoms with E-state index in [-0.39, 0.29) is 23.8 Å². The molecule has 14 heavy (non-hydrogen) atoms. The van der Waals surface area contributed by atoms with E-state index >= 15 is 0 Å². The first kappa shape index (κ1) is 11.1. The van der Waals surface area contributed by atoms with Crippen molar-refractivity contribution in [3.63, 3.8) is 0 Å². The lowest BCUT2D eigenvalue weighted by Gasteiger charge is -2.32. The number of rotatable bonds is 3. The molecule has 1 aliphatic rings. The van der Waals surface area contributed by atoms with Gasteiger partial charge in [0.05, 0.1) is 5.41 Å². The quantitative estimate of drug-likeness (QED) is 0.645. The van der Waals surface area contributed by atoms with Crippen LogP contribution in [-0.2, 0) is 14.4 Å². The number of hydrogen-bond donors (Lipinski definition) is 0. The Labute approximate surface area is 83.9 Å². The van der Waals surface area contributed by atoms with E-state index in [2.05, 4.69) is 0 Å². The molecule has 1 atom stereocenters. The van der Waals surface area contributed by atoms with E-state index in [1.165, 1.54) is 13.8 Å². The number of hydrogen-bond acceptors (Lipinski definition) is 3. The van der Waals surface area contributed by atoms with Gasteiger partial charge in [-0.3, -0.25) is 14.4 Å². The molecule has 1 rings (SSSR count). The molecule has 0 bridgehead atoms. The van der Waals surface area contributed by atoms with E-state index in [4.69, 9.17) is 0 Å². The van der Waals surface area contributed by atoms with Gasteiger partial charge in [0.15, 0.2) is 0 Å². The van der Waals surface area contributed by atoms with Crippen LogP contribution in [0.3, 0.4) is 0 Å². The van der Waals surface area contributed by atoms with Gasteiger partial charge in [0.25, 0.3) is 0 Å². The van der Waals surface area contributed by atoms with E-state index < -0.39 is 5.41 Å². The van der Waals surface area contributed by atoms with Crippen molar-refractivity contribution in [2.45, 2.75) is 46.0 Å². The second-order valence-corrected chi connectivity index (χ2v) is 4.15. The largest absolute Gasteiger partial charge is 0.300 e. The van der Waals surface area contributed by atoms with Gasteiger partial charge in [0, 0.05) is 12.8 Å². The molecule has 1 fully saturated rings. The maximum Gasteiger partial charge on any atom is 0.146 e. The number of carbonyl (C=O) groups is 3. The summed E-state index contributed by atoms with van der Waals surface area (Å²) < 4.78 is 0. The number of carbonyl (C=O) groups excluding carboxylic acids is 3. The van der Waals surface area contributed by atoms with Crippen LogP contribution in [0, 0.1) is 5.41 Å². The van der Waals surface area contributed by atoms with Crippen molar-refractivity contribution in [2.75, 3.05) is 0 Å². The topological polar surface area (TPSA) is 51.2 Å². The second-order valence-electron chi connectivity index (χ2n) is 4.15. The molecule has 1 aliphatic carbocycles. The van der Waals surface area contributed by atoms with Crippen LogP contribution < -0.4 is 0 Å². The predicted octanol–water partition coefficient (Wildman–Crippen LogP) is 1.68. The van der Waals surface area contributed by atoms with Crippen molar-refractivity contribution in [3.05, 3.63) is 0 Å². The summed E-state index contributed by atoms with van der Waals surface area (Å²) in [6.45, 7) is 2.86. The second kappa shape index (κ2) is 4.03. The van der Waals surface area contributed by atoms with Crippen LogP contribution in [-0.4, -0.2) is 17.3 Å². The van der Waals surface area contributed by atoms with Crippen LogP contribution in [0.2, 0.25) is 0 Å². The van der Waals surface area contributed by atoms with Crippen molar-refractivity contribution >= 4 is 17.3 Å². The fourth-order valence-electron chi connectivity index (χ4n) is 2.20. The molecule has 0 N–H and O–H groups in total. The zero-order valence-electron chi connectivity index (χ0n) is 8.76. The Morgan fingerprint density at radius 1 is 1.29 bits per heavy atom. The van der Waals surface area contributed by atoms with Crippen LogP contribution in [0.15, 0.2) is 0 Å². The van der Waals surface area contributed by atoms with Crippen molar-refractivity contribution in [3.8, 4) is 0 Å². The lowest BCUT2D eigenvalue weighted by atomic mass is 9.67. The first-order chi connectivity index (χ1) is 6.49. The van der Waals surface area contributed by atoms with Gasteiger partial charge in [-0.2, -0.15) is 0 Å². The Balaban J connectivity index is 2.95. The average molecular weight is 196 g/mol. The van der Waals surface area contributed by atoms with Crippen LogP contribution in [0.25, 0.3) is 0 Å². The van der Waals surface area contributed by atoms with Gasteiger partial charge in [-0.25, -0.2) is 0 Å². The minimum Gasteiger partial charge on any atom is -0.300 e. The molecule has 78 valence electrons. The van der Waals surface area contributed by atoms with Crippen molar-refractivity contribution in [1.82, 2.24) is 0 Å². The third-order valence-electron chi connectivity index (χ3n) is 3.02. The van der Waals surface area contributed by atoms with Crippen molar-refractivity contribution in [1.29, 1.82) is 0 Å². The number of Topliss-reactive ketones (excluding diaryl/α,β-unsaturated/α-hetero) is 3. The van der Waals surface area contributed by atoms with Crippen LogP contribution in [0.4, 0.5) is 0 Å². The summed E-state index contributed by atoms with van der Waals surface area (Å²) in [6.07, 6.45) is 2.83. The molecule has 0 amide bonds. The van der Waals surface area contributed by atoms with Gasteiger partial charge in [-0.05, 0) is 26.7 Å². The maximum atomic E-state index is 11.7. The molecule has 3 nitrogen and oxygen atoms in total. The Hall–Kier alpha value is -0.990. The standard InChI is InChI=1S/C11H16O3/c1-8(12)7-11(9(2)13)6-4-3-5-10(11)14/h3-7H2,1-2H3. The van der Waals surface area contributed by atoms with Gasteiger partial charge >= 0.3 is 0 Å². The van der Waals surface area contributed by atoms with Crippen molar-refractivity contribution < 1.29 is 14.4 Å². The summed E-state index contributed by atoms with van der Waals surface area (Å²) in [5, 5.41) is 0. The molecule has 3 heteroatoms. The summed E-state index contributed by atoms with van der Waals surface area (Å²) in [7, 11) is 0. The summed E-state index contributed by atoms with van der Waals surface area (Å²) >= 11 is 0. The zero-order chi connectivity index (χ0) is 10.8. The molecule has 1 unspecified atom stereocenters. The van der Waals surface area contributed by atoms with E-state index in [9.17, 15) is 14.4 Å². The summed E-state index contributed by atoms with van der Waals surface area (Å²) in [5.74, 6) is -0.251. The zero-order valence-corrected chi connectivity index (χ0v) is 8.76. The van der Waals surface area contributed by atoms with Crippen LogP contribution in [0.1, 0.15) is 46.0 Å². The third kappa shape index (κ3) is 1.91.